The van der Waals surface area contributed by atoms with E-state index in [1.54, 1.807) is 7.11 Å². The van der Waals surface area contributed by atoms with Crippen molar-refractivity contribution in [3.63, 3.8) is 0 Å². The van der Waals surface area contributed by atoms with Crippen LogP contribution in [-0.2, 0) is 36.1 Å². The quantitative estimate of drug-likeness (QED) is 0.585. The van der Waals surface area contributed by atoms with E-state index in [-0.39, 0.29) is 11.8 Å². The number of nitrogens with zero attached hydrogens (tertiary/aromatic N) is 5. The lowest BCUT2D eigenvalue weighted by Crippen LogP contribution is -2.26. The number of rotatable bonds is 6. The molecule has 1 saturated heterocycles. The molecule has 2 aliphatic rings. The Bertz CT molecular complexity index is 1100. The van der Waals surface area contributed by atoms with E-state index in [1.807, 2.05) is 40.9 Å². The number of fused-ring (bicyclic) bond motifs is 1. The molecule has 0 N–H and O–H groups in total. The predicted octanol–water partition coefficient (Wildman–Crippen LogP) is 2.85. The van der Waals surface area contributed by atoms with E-state index in [0.717, 1.165) is 48.6 Å². The van der Waals surface area contributed by atoms with Crippen LogP contribution in [0.2, 0.25) is 0 Å². The van der Waals surface area contributed by atoms with E-state index in [1.165, 1.54) is 0 Å². The average molecular weight is 438 g/mol. The largest absolute Gasteiger partial charge is 0.497 e. The SMILES string of the molecule is COc1ccc(CCC(=O)N2Cc3c(-c4nc(C5CCOCC5)no4)nn(C)c3C2)cc1. The summed E-state index contributed by atoms with van der Waals surface area (Å²) in [5, 5.41) is 8.81. The van der Waals surface area contributed by atoms with Crippen molar-refractivity contribution in [3.05, 3.63) is 46.9 Å². The van der Waals surface area contributed by atoms with Crippen LogP contribution in [0.15, 0.2) is 28.8 Å². The summed E-state index contributed by atoms with van der Waals surface area (Å²) >= 11 is 0. The highest BCUT2D eigenvalue weighted by Crippen LogP contribution is 2.33. The fourth-order valence-electron chi connectivity index (χ4n) is 4.40. The maximum atomic E-state index is 12.9. The summed E-state index contributed by atoms with van der Waals surface area (Å²) in [4.78, 5) is 19.4. The minimum atomic E-state index is 0.122. The Morgan fingerprint density at radius 1 is 1.19 bits per heavy atom. The first-order chi connectivity index (χ1) is 15.6. The molecule has 1 amide bonds. The third kappa shape index (κ3) is 4.00. The van der Waals surface area contributed by atoms with Crippen molar-refractivity contribution in [2.24, 2.45) is 7.05 Å². The zero-order valence-corrected chi connectivity index (χ0v) is 18.4. The molecule has 32 heavy (non-hydrogen) atoms. The van der Waals surface area contributed by atoms with Gasteiger partial charge in [0.1, 0.15) is 5.75 Å². The Labute approximate surface area is 186 Å². The van der Waals surface area contributed by atoms with E-state index in [4.69, 9.17) is 14.0 Å². The molecule has 9 nitrogen and oxygen atoms in total. The van der Waals surface area contributed by atoms with Crippen LogP contribution in [0.4, 0.5) is 0 Å². The van der Waals surface area contributed by atoms with Crippen LogP contribution < -0.4 is 4.74 Å². The Kier molecular flexibility index (Phi) is 5.65. The third-order valence-corrected chi connectivity index (χ3v) is 6.33. The number of ether oxygens (including phenoxy) is 2. The second-order valence-electron chi connectivity index (χ2n) is 8.34. The number of aromatic nitrogens is 4. The molecule has 2 aliphatic heterocycles. The molecule has 0 aliphatic carbocycles. The summed E-state index contributed by atoms with van der Waals surface area (Å²) in [7, 11) is 3.54. The van der Waals surface area contributed by atoms with Gasteiger partial charge in [-0.1, -0.05) is 17.3 Å². The van der Waals surface area contributed by atoms with Gasteiger partial charge in [0.25, 0.3) is 5.89 Å². The Morgan fingerprint density at radius 2 is 1.97 bits per heavy atom. The van der Waals surface area contributed by atoms with Crippen LogP contribution in [0.25, 0.3) is 11.6 Å². The number of hydrogen-bond acceptors (Lipinski definition) is 7. The Morgan fingerprint density at radius 3 is 2.72 bits per heavy atom. The molecule has 0 unspecified atom stereocenters. The zero-order chi connectivity index (χ0) is 22.1. The van der Waals surface area contributed by atoms with Crippen molar-refractivity contribution in [3.8, 4) is 17.3 Å². The van der Waals surface area contributed by atoms with Crippen molar-refractivity contribution >= 4 is 5.91 Å². The predicted molar refractivity (Wildman–Crippen MR) is 115 cm³/mol. The molecule has 0 radical (unpaired) electrons. The van der Waals surface area contributed by atoms with E-state index in [9.17, 15) is 4.79 Å². The fraction of sp³-hybridized carbons (Fsp3) is 0.478. The molecule has 168 valence electrons. The molecule has 0 saturated carbocycles. The van der Waals surface area contributed by atoms with Crippen LogP contribution in [0.1, 0.15) is 47.8 Å². The van der Waals surface area contributed by atoms with Crippen molar-refractivity contribution in [2.45, 2.75) is 44.7 Å². The first kappa shape index (κ1) is 20.7. The topological polar surface area (TPSA) is 95.5 Å². The first-order valence-electron chi connectivity index (χ1n) is 11.0. The molecular weight excluding hydrogens is 410 g/mol. The van der Waals surface area contributed by atoms with Crippen LogP contribution >= 0.6 is 0 Å². The maximum Gasteiger partial charge on any atom is 0.278 e. The van der Waals surface area contributed by atoms with Crippen molar-refractivity contribution in [1.29, 1.82) is 0 Å². The average Bonchev–Trinajstić information content (AvgIpc) is 3.55. The van der Waals surface area contributed by atoms with Gasteiger partial charge < -0.3 is 18.9 Å². The van der Waals surface area contributed by atoms with Gasteiger partial charge in [-0.2, -0.15) is 10.1 Å². The molecule has 5 rings (SSSR count). The number of benzene rings is 1. The van der Waals surface area contributed by atoms with Crippen molar-refractivity contribution in [2.75, 3.05) is 20.3 Å². The highest BCUT2D eigenvalue weighted by Gasteiger charge is 2.32. The van der Waals surface area contributed by atoms with Gasteiger partial charge in [-0.05, 0) is 37.0 Å². The number of aryl methyl sites for hydroxylation is 2. The molecule has 0 bridgehead atoms. The maximum absolute atomic E-state index is 12.9. The summed E-state index contributed by atoms with van der Waals surface area (Å²) in [5.74, 6) is 2.34. The highest BCUT2D eigenvalue weighted by atomic mass is 16.5. The van der Waals surface area contributed by atoms with Crippen molar-refractivity contribution in [1.82, 2.24) is 24.8 Å². The Hall–Kier alpha value is -3.20. The minimum absolute atomic E-state index is 0.122. The second-order valence-corrected chi connectivity index (χ2v) is 8.34. The second kappa shape index (κ2) is 8.74. The lowest BCUT2D eigenvalue weighted by atomic mass is 10.00. The summed E-state index contributed by atoms with van der Waals surface area (Å²) in [6, 6.07) is 7.84. The molecule has 4 heterocycles. The normalized spacial score (nSPS) is 16.4. The van der Waals surface area contributed by atoms with Crippen LogP contribution in [0.3, 0.4) is 0 Å². The Balaban J connectivity index is 1.26. The summed E-state index contributed by atoms with van der Waals surface area (Å²) in [6.45, 7) is 2.50. The van der Waals surface area contributed by atoms with Gasteiger partial charge in [-0.3, -0.25) is 9.48 Å². The van der Waals surface area contributed by atoms with Crippen LogP contribution in [-0.4, -0.2) is 51.1 Å². The molecule has 0 atom stereocenters. The van der Waals surface area contributed by atoms with Gasteiger partial charge >= 0.3 is 0 Å². The lowest BCUT2D eigenvalue weighted by molar-refractivity contribution is -0.131. The van der Waals surface area contributed by atoms with Gasteiger partial charge in [0, 0.05) is 38.2 Å². The van der Waals surface area contributed by atoms with Gasteiger partial charge in [-0.15, -0.1) is 0 Å². The summed E-state index contributed by atoms with van der Waals surface area (Å²) < 4.78 is 18.0. The van der Waals surface area contributed by atoms with E-state index in [0.29, 0.717) is 43.3 Å². The lowest BCUT2D eigenvalue weighted by Gasteiger charge is -2.18. The monoisotopic (exact) mass is 437 g/mol. The number of carbonyl (C=O) groups is 1. The highest BCUT2D eigenvalue weighted by molar-refractivity contribution is 5.77. The molecule has 3 aromatic rings. The third-order valence-electron chi connectivity index (χ3n) is 6.33. The number of carbonyl (C=O) groups excluding carboxylic acids is 1. The van der Waals surface area contributed by atoms with Crippen LogP contribution in [0.5, 0.6) is 5.75 Å². The zero-order valence-electron chi connectivity index (χ0n) is 18.4. The molecule has 1 fully saturated rings. The van der Waals surface area contributed by atoms with Gasteiger partial charge in [-0.25, -0.2) is 0 Å². The fourth-order valence-corrected chi connectivity index (χ4v) is 4.40. The summed E-state index contributed by atoms with van der Waals surface area (Å²) in [6.07, 6.45) is 2.95. The standard InChI is InChI=1S/C23H27N5O4/c1-27-19-14-28(20(29)8-5-15-3-6-17(30-2)7-4-15)13-18(19)21(25-27)23-24-22(26-32-23)16-9-11-31-12-10-16/h3-4,6-7,16H,5,8-14H2,1-2H3. The van der Waals surface area contributed by atoms with Crippen molar-refractivity contribution < 1.29 is 18.8 Å². The van der Waals surface area contributed by atoms with Crippen LogP contribution in [0, 0.1) is 0 Å². The smallest absolute Gasteiger partial charge is 0.278 e. The number of amides is 1. The van der Waals surface area contributed by atoms with Gasteiger partial charge in [0.15, 0.2) is 11.5 Å². The summed E-state index contributed by atoms with van der Waals surface area (Å²) in [5.41, 5.74) is 3.81. The molecule has 0 spiro atoms. The number of hydrogen-bond donors (Lipinski definition) is 0. The van der Waals surface area contributed by atoms with E-state index in [2.05, 4.69) is 15.2 Å². The van der Waals surface area contributed by atoms with E-state index >= 15 is 0 Å². The van der Waals surface area contributed by atoms with Gasteiger partial charge in [0.2, 0.25) is 5.91 Å². The minimum Gasteiger partial charge on any atom is -0.497 e. The van der Waals surface area contributed by atoms with E-state index < -0.39 is 0 Å². The first-order valence-corrected chi connectivity index (χ1v) is 11.0. The molecule has 2 aromatic heterocycles. The number of methoxy groups -OCH3 is 1. The molecule has 9 heteroatoms. The van der Waals surface area contributed by atoms with Gasteiger partial charge in [0.05, 0.1) is 25.9 Å². The molecule has 1 aromatic carbocycles. The molecular formula is C23H27N5O4.